The molecule has 0 unspecified atom stereocenters. The van der Waals surface area contributed by atoms with Crippen molar-refractivity contribution in [2.24, 2.45) is 5.73 Å². The molecule has 0 aliphatic carbocycles. The highest BCUT2D eigenvalue weighted by molar-refractivity contribution is 7.80. The maximum absolute atomic E-state index is 13.0. The smallest absolute Gasteiger partial charge is 0.258 e. The van der Waals surface area contributed by atoms with E-state index in [1.165, 1.54) is 5.56 Å². The molecule has 22 heavy (non-hydrogen) atoms. The van der Waals surface area contributed by atoms with Gasteiger partial charge in [-0.1, -0.05) is 48.6 Å². The number of hydrogen-bond acceptors (Lipinski definition) is 2. The minimum atomic E-state index is 0.0269. The highest BCUT2D eigenvalue weighted by Crippen LogP contribution is 2.28. The summed E-state index contributed by atoms with van der Waals surface area (Å²) in [5.41, 5.74) is 9.48. The molecular weight excluding hydrogens is 292 g/mol. The first-order valence-electron chi connectivity index (χ1n) is 7.43. The molecule has 1 heterocycles. The van der Waals surface area contributed by atoms with E-state index >= 15 is 0 Å². The fraction of sp³-hybridized carbons (Fsp3) is 0.222. The lowest BCUT2D eigenvalue weighted by Crippen LogP contribution is -2.36. The van der Waals surface area contributed by atoms with Gasteiger partial charge in [0.1, 0.15) is 0 Å². The average Bonchev–Trinajstić information content (AvgIpc) is 2.54. The van der Waals surface area contributed by atoms with E-state index in [0.29, 0.717) is 17.0 Å². The van der Waals surface area contributed by atoms with Crippen molar-refractivity contribution in [1.82, 2.24) is 0 Å². The predicted octanol–water partition coefficient (Wildman–Crippen LogP) is 3.11. The van der Waals surface area contributed by atoms with Gasteiger partial charge in [-0.25, -0.2) is 0 Å². The Morgan fingerprint density at radius 3 is 2.68 bits per heavy atom. The molecule has 0 atom stereocenters. The van der Waals surface area contributed by atoms with Crippen LogP contribution < -0.4 is 10.6 Å². The maximum atomic E-state index is 13.0. The first-order valence-corrected chi connectivity index (χ1v) is 7.83. The third-order valence-corrected chi connectivity index (χ3v) is 4.11. The van der Waals surface area contributed by atoms with E-state index in [2.05, 4.69) is 6.07 Å². The number of nitrogens with zero attached hydrogens (tertiary/aromatic N) is 1. The predicted molar refractivity (Wildman–Crippen MR) is 93.4 cm³/mol. The molecule has 3 nitrogen and oxygen atoms in total. The standard InChI is InChI=1S/C18H18N2OS/c19-17(22)12-14-7-1-3-9-15(14)18(21)20-11-5-8-13-6-2-4-10-16(13)20/h1-4,6-7,9-10H,5,8,11-12H2,(H2,19,22). The quantitative estimate of drug-likeness (QED) is 0.886. The van der Waals surface area contributed by atoms with Gasteiger partial charge in [0, 0.05) is 24.2 Å². The molecule has 0 aromatic heterocycles. The van der Waals surface area contributed by atoms with Crippen LogP contribution in [0.15, 0.2) is 48.5 Å². The third-order valence-electron chi connectivity index (χ3n) is 3.97. The molecule has 1 amide bonds. The van der Waals surface area contributed by atoms with Gasteiger partial charge in [0.25, 0.3) is 5.91 Å². The first-order chi connectivity index (χ1) is 10.7. The summed E-state index contributed by atoms with van der Waals surface area (Å²) in [5.74, 6) is 0.0269. The number of fused-ring (bicyclic) bond motifs is 1. The zero-order valence-corrected chi connectivity index (χ0v) is 13.1. The van der Waals surface area contributed by atoms with Crippen LogP contribution in [0, 0.1) is 0 Å². The van der Waals surface area contributed by atoms with Gasteiger partial charge < -0.3 is 10.6 Å². The van der Waals surface area contributed by atoms with Crippen LogP contribution in [0.1, 0.15) is 27.9 Å². The summed E-state index contributed by atoms with van der Waals surface area (Å²) in [5, 5.41) is 0. The van der Waals surface area contributed by atoms with E-state index in [1.54, 1.807) is 0 Å². The van der Waals surface area contributed by atoms with E-state index < -0.39 is 0 Å². The van der Waals surface area contributed by atoms with Crippen molar-refractivity contribution >= 4 is 28.8 Å². The molecule has 0 spiro atoms. The molecule has 4 heteroatoms. The van der Waals surface area contributed by atoms with Crippen LogP contribution in [0.4, 0.5) is 5.69 Å². The Hall–Kier alpha value is -2.20. The molecule has 112 valence electrons. The van der Waals surface area contributed by atoms with E-state index in [-0.39, 0.29) is 5.91 Å². The van der Waals surface area contributed by atoms with Gasteiger partial charge in [-0.05, 0) is 36.1 Å². The number of hydrogen-bond donors (Lipinski definition) is 1. The summed E-state index contributed by atoms with van der Waals surface area (Å²) >= 11 is 5.00. The van der Waals surface area contributed by atoms with Gasteiger partial charge in [-0.2, -0.15) is 0 Å². The van der Waals surface area contributed by atoms with Gasteiger partial charge in [0.15, 0.2) is 0 Å². The topological polar surface area (TPSA) is 46.3 Å². The largest absolute Gasteiger partial charge is 0.393 e. The SMILES string of the molecule is NC(=S)Cc1ccccc1C(=O)N1CCCc2ccccc21. The Labute approximate surface area is 135 Å². The third kappa shape index (κ3) is 2.88. The molecule has 0 saturated carbocycles. The van der Waals surface area contributed by atoms with Gasteiger partial charge in [-0.15, -0.1) is 0 Å². The van der Waals surface area contributed by atoms with E-state index in [4.69, 9.17) is 18.0 Å². The number of rotatable bonds is 3. The maximum Gasteiger partial charge on any atom is 0.258 e. The molecule has 2 N–H and O–H groups in total. The zero-order chi connectivity index (χ0) is 15.5. The van der Waals surface area contributed by atoms with Gasteiger partial charge in [0.2, 0.25) is 0 Å². The van der Waals surface area contributed by atoms with Crippen LogP contribution in [-0.2, 0) is 12.8 Å². The van der Waals surface area contributed by atoms with Crippen LogP contribution >= 0.6 is 12.2 Å². The monoisotopic (exact) mass is 310 g/mol. The Bertz CT molecular complexity index is 727. The molecule has 2 aromatic rings. The van der Waals surface area contributed by atoms with Gasteiger partial charge in [0.05, 0.1) is 4.99 Å². The normalized spacial score (nSPS) is 13.5. The number of amides is 1. The molecule has 0 saturated heterocycles. The summed E-state index contributed by atoms with van der Waals surface area (Å²) in [6.07, 6.45) is 2.46. The second-order valence-electron chi connectivity index (χ2n) is 5.49. The van der Waals surface area contributed by atoms with E-state index in [9.17, 15) is 4.79 Å². The highest BCUT2D eigenvalue weighted by atomic mass is 32.1. The molecule has 2 aromatic carbocycles. The van der Waals surface area contributed by atoms with E-state index in [1.807, 2.05) is 47.4 Å². The molecule has 3 rings (SSSR count). The van der Waals surface area contributed by atoms with Gasteiger partial charge >= 0.3 is 0 Å². The fourth-order valence-electron chi connectivity index (χ4n) is 2.96. The van der Waals surface area contributed by atoms with Crippen molar-refractivity contribution in [2.45, 2.75) is 19.3 Å². The minimum Gasteiger partial charge on any atom is -0.393 e. The van der Waals surface area contributed by atoms with E-state index in [0.717, 1.165) is 30.6 Å². The summed E-state index contributed by atoms with van der Waals surface area (Å²) < 4.78 is 0. The highest BCUT2D eigenvalue weighted by Gasteiger charge is 2.24. The van der Waals surface area contributed by atoms with Crippen molar-refractivity contribution in [1.29, 1.82) is 0 Å². The van der Waals surface area contributed by atoms with Crippen LogP contribution in [0.3, 0.4) is 0 Å². The lowest BCUT2D eigenvalue weighted by Gasteiger charge is -2.30. The average molecular weight is 310 g/mol. The fourth-order valence-corrected chi connectivity index (χ4v) is 3.12. The van der Waals surface area contributed by atoms with Crippen molar-refractivity contribution in [3.63, 3.8) is 0 Å². The molecule has 1 aliphatic rings. The molecule has 0 radical (unpaired) electrons. The number of anilines is 1. The Kier molecular flexibility index (Phi) is 4.20. The summed E-state index contributed by atoms with van der Waals surface area (Å²) in [4.78, 5) is 15.3. The van der Waals surface area contributed by atoms with Crippen LogP contribution in [0.5, 0.6) is 0 Å². The summed E-state index contributed by atoms with van der Waals surface area (Å²) in [7, 11) is 0. The molecule has 1 aliphatic heterocycles. The number of nitrogens with two attached hydrogens (primary N) is 1. The van der Waals surface area contributed by atoms with Crippen molar-refractivity contribution in [2.75, 3.05) is 11.4 Å². The second-order valence-corrected chi connectivity index (χ2v) is 6.01. The first kappa shape index (κ1) is 14.7. The van der Waals surface area contributed by atoms with Gasteiger partial charge in [-0.3, -0.25) is 4.79 Å². The number of aryl methyl sites for hydroxylation is 1. The number of thiocarbonyl (C=S) groups is 1. The van der Waals surface area contributed by atoms with Crippen molar-refractivity contribution < 1.29 is 4.79 Å². The second kappa shape index (κ2) is 6.28. The summed E-state index contributed by atoms with van der Waals surface area (Å²) in [6.45, 7) is 0.747. The Morgan fingerprint density at radius 2 is 1.86 bits per heavy atom. The lowest BCUT2D eigenvalue weighted by molar-refractivity contribution is 0.0984. The number of carbonyl (C=O) groups excluding carboxylic acids is 1. The Balaban J connectivity index is 1.97. The van der Waals surface area contributed by atoms with Crippen LogP contribution in [-0.4, -0.2) is 17.4 Å². The number of para-hydroxylation sites is 1. The zero-order valence-electron chi connectivity index (χ0n) is 12.3. The number of carbonyl (C=O) groups is 1. The lowest BCUT2D eigenvalue weighted by atomic mass is 9.98. The van der Waals surface area contributed by atoms with Crippen LogP contribution in [0.2, 0.25) is 0 Å². The van der Waals surface area contributed by atoms with Crippen molar-refractivity contribution in [3.05, 3.63) is 65.2 Å². The Morgan fingerprint density at radius 1 is 1.14 bits per heavy atom. The minimum absolute atomic E-state index is 0.0269. The number of benzene rings is 2. The van der Waals surface area contributed by atoms with Crippen molar-refractivity contribution in [3.8, 4) is 0 Å². The van der Waals surface area contributed by atoms with Crippen LogP contribution in [0.25, 0.3) is 0 Å². The molecule has 0 fully saturated rings. The summed E-state index contributed by atoms with van der Waals surface area (Å²) in [6, 6.07) is 15.7. The molecular formula is C18H18N2OS. The molecule has 0 bridgehead atoms.